The van der Waals surface area contributed by atoms with Crippen molar-refractivity contribution in [3.63, 3.8) is 0 Å². The maximum absolute atomic E-state index is 12.0. The van der Waals surface area contributed by atoms with Crippen molar-refractivity contribution in [1.82, 2.24) is 10.3 Å². The van der Waals surface area contributed by atoms with Gasteiger partial charge in [-0.15, -0.1) is 0 Å². The predicted octanol–water partition coefficient (Wildman–Crippen LogP) is 3.31. The molecule has 6 heteroatoms. The van der Waals surface area contributed by atoms with E-state index in [-0.39, 0.29) is 18.6 Å². The van der Waals surface area contributed by atoms with Gasteiger partial charge in [0.1, 0.15) is 5.75 Å². The normalized spacial score (nSPS) is 11.8. The molecule has 2 aromatic rings. The minimum Gasteiger partial charge on any atom is -0.438 e. The van der Waals surface area contributed by atoms with E-state index in [2.05, 4.69) is 33.2 Å². The summed E-state index contributed by atoms with van der Waals surface area (Å²) in [4.78, 5) is 16.2. The molecule has 0 fully saturated rings. The molecule has 1 aromatic heterocycles. The van der Waals surface area contributed by atoms with Crippen LogP contribution >= 0.6 is 15.9 Å². The van der Waals surface area contributed by atoms with Crippen molar-refractivity contribution >= 4 is 21.8 Å². The molecule has 1 aromatic carbocycles. The number of aryl methyl sites for hydroxylation is 1. The van der Waals surface area contributed by atoms with Gasteiger partial charge in [-0.2, -0.15) is 0 Å². The number of pyridine rings is 1. The van der Waals surface area contributed by atoms with Crippen LogP contribution < -0.4 is 10.1 Å². The summed E-state index contributed by atoms with van der Waals surface area (Å²) in [7, 11) is 0. The number of rotatable bonds is 6. The zero-order valence-electron chi connectivity index (χ0n) is 13.0. The molecule has 0 unspecified atom stereocenters. The summed E-state index contributed by atoms with van der Waals surface area (Å²) in [6, 6.07) is 9.10. The van der Waals surface area contributed by atoms with E-state index in [9.17, 15) is 4.79 Å². The smallest absolute Gasteiger partial charge is 0.253 e. The van der Waals surface area contributed by atoms with Crippen LogP contribution in [0, 0.1) is 0 Å². The van der Waals surface area contributed by atoms with Gasteiger partial charge in [0.05, 0.1) is 16.6 Å². The molecule has 0 saturated carbocycles. The summed E-state index contributed by atoms with van der Waals surface area (Å²) >= 11 is 3.37. The minimum absolute atomic E-state index is 0.116. The maximum atomic E-state index is 12.0. The molecule has 1 heterocycles. The number of carbonyl (C=O) groups is 1. The first kappa shape index (κ1) is 17.4. The second kappa shape index (κ2) is 8.08. The van der Waals surface area contributed by atoms with Gasteiger partial charge < -0.3 is 15.2 Å². The molecule has 0 radical (unpaired) electrons. The average molecular weight is 379 g/mol. The van der Waals surface area contributed by atoms with Crippen molar-refractivity contribution in [3.8, 4) is 11.6 Å². The van der Waals surface area contributed by atoms with Crippen LogP contribution in [-0.2, 0) is 6.42 Å². The SMILES string of the molecule is CCc1ccc(Oc2ncc(C(=O)N[C@H](C)CO)cc2Br)cc1. The Morgan fingerprint density at radius 1 is 1.39 bits per heavy atom. The number of amides is 1. The van der Waals surface area contributed by atoms with Crippen LogP contribution in [0.25, 0.3) is 0 Å². The maximum Gasteiger partial charge on any atom is 0.253 e. The number of nitrogens with one attached hydrogen (secondary N) is 1. The third-order valence-corrected chi connectivity index (χ3v) is 3.84. The van der Waals surface area contributed by atoms with Crippen LogP contribution in [0.1, 0.15) is 29.8 Å². The van der Waals surface area contributed by atoms with Gasteiger partial charge in [-0.25, -0.2) is 4.98 Å². The third kappa shape index (κ3) is 4.77. The fraction of sp³-hybridized carbons (Fsp3) is 0.294. The number of hydrogen-bond acceptors (Lipinski definition) is 4. The van der Waals surface area contributed by atoms with Crippen LogP contribution in [0.15, 0.2) is 41.0 Å². The van der Waals surface area contributed by atoms with Gasteiger partial charge >= 0.3 is 0 Å². The van der Waals surface area contributed by atoms with Gasteiger partial charge in [0.25, 0.3) is 5.91 Å². The Morgan fingerprint density at radius 2 is 2.09 bits per heavy atom. The number of nitrogens with zero attached hydrogens (tertiary/aromatic N) is 1. The van der Waals surface area contributed by atoms with Crippen LogP contribution in [0.5, 0.6) is 11.6 Å². The van der Waals surface area contributed by atoms with Gasteiger partial charge in [-0.05, 0) is 53.0 Å². The lowest BCUT2D eigenvalue weighted by molar-refractivity contribution is 0.0922. The molecule has 122 valence electrons. The fourth-order valence-corrected chi connectivity index (χ4v) is 2.31. The molecule has 5 nitrogen and oxygen atoms in total. The van der Waals surface area contributed by atoms with E-state index in [0.717, 1.165) is 6.42 Å². The number of benzene rings is 1. The summed E-state index contributed by atoms with van der Waals surface area (Å²) in [5, 5.41) is 11.6. The highest BCUT2D eigenvalue weighted by Gasteiger charge is 2.13. The summed E-state index contributed by atoms with van der Waals surface area (Å²) in [5.41, 5.74) is 1.63. The van der Waals surface area contributed by atoms with Gasteiger partial charge in [-0.1, -0.05) is 19.1 Å². The van der Waals surface area contributed by atoms with E-state index in [4.69, 9.17) is 9.84 Å². The topological polar surface area (TPSA) is 71.5 Å². The summed E-state index contributed by atoms with van der Waals surface area (Å²) in [6.07, 6.45) is 2.41. The van der Waals surface area contributed by atoms with Gasteiger partial charge in [0.15, 0.2) is 0 Å². The van der Waals surface area contributed by atoms with Gasteiger partial charge in [-0.3, -0.25) is 4.79 Å². The lowest BCUT2D eigenvalue weighted by Gasteiger charge is -2.12. The van der Waals surface area contributed by atoms with Crippen LogP contribution in [0.3, 0.4) is 0 Å². The number of aromatic nitrogens is 1. The van der Waals surface area contributed by atoms with E-state index < -0.39 is 0 Å². The third-order valence-electron chi connectivity index (χ3n) is 3.27. The molecule has 0 aliphatic rings. The lowest BCUT2D eigenvalue weighted by Crippen LogP contribution is -2.35. The van der Waals surface area contributed by atoms with E-state index in [1.807, 2.05) is 24.3 Å². The number of hydrogen-bond donors (Lipinski definition) is 2. The van der Waals surface area contributed by atoms with Crippen LogP contribution in [-0.4, -0.2) is 28.6 Å². The van der Waals surface area contributed by atoms with Crippen molar-refractivity contribution in [2.24, 2.45) is 0 Å². The summed E-state index contributed by atoms with van der Waals surface area (Å²) in [6.45, 7) is 3.70. The molecule has 0 aliphatic heterocycles. The fourth-order valence-electron chi connectivity index (χ4n) is 1.88. The zero-order chi connectivity index (χ0) is 16.8. The van der Waals surface area contributed by atoms with E-state index in [0.29, 0.717) is 21.7 Å². The molecule has 2 rings (SSSR count). The van der Waals surface area contributed by atoms with E-state index in [1.54, 1.807) is 13.0 Å². The Kier molecular flexibility index (Phi) is 6.12. The number of aliphatic hydroxyl groups excluding tert-OH is 1. The molecule has 23 heavy (non-hydrogen) atoms. The first-order chi connectivity index (χ1) is 11.0. The van der Waals surface area contributed by atoms with Gasteiger partial charge in [0, 0.05) is 12.2 Å². The molecule has 1 amide bonds. The standard InChI is InChI=1S/C17H19BrN2O3/c1-3-12-4-6-14(7-5-12)23-17-15(18)8-13(9-19-17)16(22)20-11(2)10-21/h4-9,11,21H,3,10H2,1-2H3,(H,20,22)/t11-/m1/s1. The molecule has 0 saturated heterocycles. The van der Waals surface area contributed by atoms with Crippen molar-refractivity contribution in [1.29, 1.82) is 0 Å². The van der Waals surface area contributed by atoms with Crippen molar-refractivity contribution in [2.45, 2.75) is 26.3 Å². The molecule has 0 bridgehead atoms. The Balaban J connectivity index is 2.10. The van der Waals surface area contributed by atoms with Crippen molar-refractivity contribution < 1.29 is 14.6 Å². The number of ether oxygens (including phenoxy) is 1. The monoisotopic (exact) mass is 378 g/mol. The second-order valence-corrected chi connectivity index (χ2v) is 6.02. The van der Waals surface area contributed by atoms with Gasteiger partial charge in [0.2, 0.25) is 5.88 Å². The molecule has 0 aliphatic carbocycles. The number of aliphatic hydroxyl groups is 1. The van der Waals surface area contributed by atoms with Crippen LogP contribution in [0.2, 0.25) is 0 Å². The predicted molar refractivity (Wildman–Crippen MR) is 91.8 cm³/mol. The number of halogens is 1. The lowest BCUT2D eigenvalue weighted by atomic mass is 10.2. The first-order valence-corrected chi connectivity index (χ1v) is 8.16. The molecule has 1 atom stereocenters. The Bertz CT molecular complexity index is 674. The Morgan fingerprint density at radius 3 is 2.65 bits per heavy atom. The zero-order valence-corrected chi connectivity index (χ0v) is 14.6. The average Bonchev–Trinajstić information content (AvgIpc) is 2.57. The Labute approximate surface area is 143 Å². The molecule has 0 spiro atoms. The molecular weight excluding hydrogens is 360 g/mol. The largest absolute Gasteiger partial charge is 0.438 e. The highest BCUT2D eigenvalue weighted by molar-refractivity contribution is 9.10. The summed E-state index contributed by atoms with van der Waals surface area (Å²) in [5.74, 6) is 0.779. The highest BCUT2D eigenvalue weighted by atomic mass is 79.9. The van der Waals surface area contributed by atoms with E-state index in [1.165, 1.54) is 11.8 Å². The van der Waals surface area contributed by atoms with E-state index >= 15 is 0 Å². The highest BCUT2D eigenvalue weighted by Crippen LogP contribution is 2.28. The molecular formula is C17H19BrN2O3. The minimum atomic E-state index is -0.311. The van der Waals surface area contributed by atoms with Crippen molar-refractivity contribution in [2.75, 3.05) is 6.61 Å². The summed E-state index contributed by atoms with van der Waals surface area (Å²) < 4.78 is 6.30. The second-order valence-electron chi connectivity index (χ2n) is 5.17. The van der Waals surface area contributed by atoms with Crippen LogP contribution in [0.4, 0.5) is 0 Å². The quantitative estimate of drug-likeness (QED) is 0.808. The first-order valence-electron chi connectivity index (χ1n) is 7.37. The van der Waals surface area contributed by atoms with Crippen molar-refractivity contribution in [3.05, 3.63) is 52.1 Å². The Hall–Kier alpha value is -1.92. The molecule has 2 N–H and O–H groups in total. The number of carbonyl (C=O) groups excluding carboxylic acids is 1.